The van der Waals surface area contributed by atoms with Crippen LogP contribution in [-0.4, -0.2) is 23.6 Å². The van der Waals surface area contributed by atoms with Gasteiger partial charge in [-0.05, 0) is 32.4 Å². The molecule has 21 heavy (non-hydrogen) atoms. The summed E-state index contributed by atoms with van der Waals surface area (Å²) in [6, 6.07) is 6.52. The molecule has 1 aromatic rings. The second kappa shape index (κ2) is 6.29. The number of nitriles is 1. The van der Waals surface area contributed by atoms with E-state index in [1.807, 2.05) is 0 Å². The van der Waals surface area contributed by atoms with Gasteiger partial charge in [-0.2, -0.15) is 5.26 Å². The monoisotopic (exact) mass is 309 g/mol. The number of halogens is 1. The summed E-state index contributed by atoms with van der Waals surface area (Å²) in [6.45, 7) is 0. The normalized spacial score (nSPS) is 25.1. The molecular formula is C14H16ClN3O3. The summed E-state index contributed by atoms with van der Waals surface area (Å²) in [4.78, 5) is 10.5. The van der Waals surface area contributed by atoms with Crippen molar-refractivity contribution in [3.63, 3.8) is 0 Å². The molecule has 2 rings (SSSR count). The fourth-order valence-corrected chi connectivity index (χ4v) is 2.78. The first-order valence-corrected chi connectivity index (χ1v) is 7.08. The molecule has 6 nitrogen and oxygen atoms in total. The van der Waals surface area contributed by atoms with Crippen LogP contribution in [0.2, 0.25) is 5.02 Å². The van der Waals surface area contributed by atoms with E-state index in [2.05, 4.69) is 11.4 Å². The van der Waals surface area contributed by atoms with Crippen molar-refractivity contribution in [2.75, 3.05) is 7.05 Å². The third-order valence-corrected chi connectivity index (χ3v) is 4.05. The molecule has 0 amide bonds. The van der Waals surface area contributed by atoms with Crippen LogP contribution in [0.15, 0.2) is 18.2 Å². The fourth-order valence-electron chi connectivity index (χ4n) is 2.62. The Balaban J connectivity index is 2.20. The Morgan fingerprint density at radius 2 is 2.38 bits per heavy atom. The van der Waals surface area contributed by atoms with Crippen molar-refractivity contribution in [2.24, 2.45) is 0 Å². The van der Waals surface area contributed by atoms with Gasteiger partial charge in [0.2, 0.25) is 0 Å². The Labute approximate surface area is 127 Å². The molecule has 7 heteroatoms. The van der Waals surface area contributed by atoms with E-state index in [1.54, 1.807) is 7.05 Å². The van der Waals surface area contributed by atoms with Crippen molar-refractivity contribution in [3.05, 3.63) is 33.3 Å². The lowest BCUT2D eigenvalue weighted by Gasteiger charge is -2.35. The van der Waals surface area contributed by atoms with Crippen molar-refractivity contribution in [3.8, 4) is 11.8 Å². The van der Waals surface area contributed by atoms with Crippen molar-refractivity contribution in [1.29, 1.82) is 5.26 Å². The molecule has 1 aliphatic carbocycles. The van der Waals surface area contributed by atoms with Gasteiger partial charge in [0.15, 0.2) is 5.75 Å². The molecule has 1 fully saturated rings. The van der Waals surface area contributed by atoms with Gasteiger partial charge in [0.05, 0.1) is 11.0 Å². The highest BCUT2D eigenvalue weighted by Crippen LogP contribution is 2.35. The lowest BCUT2D eigenvalue weighted by atomic mass is 9.81. The van der Waals surface area contributed by atoms with Crippen LogP contribution in [0.5, 0.6) is 5.75 Å². The van der Waals surface area contributed by atoms with Gasteiger partial charge in [-0.15, -0.1) is 0 Å². The topological polar surface area (TPSA) is 88.2 Å². The zero-order valence-electron chi connectivity index (χ0n) is 11.6. The fraction of sp³-hybridized carbons (Fsp3) is 0.500. The number of hydrogen-bond donors (Lipinski definition) is 1. The summed E-state index contributed by atoms with van der Waals surface area (Å²) >= 11 is 5.88. The number of benzene rings is 1. The highest BCUT2D eigenvalue weighted by atomic mass is 35.5. The van der Waals surface area contributed by atoms with Crippen LogP contribution >= 0.6 is 11.6 Å². The first-order chi connectivity index (χ1) is 9.99. The third kappa shape index (κ3) is 3.43. The van der Waals surface area contributed by atoms with E-state index in [0.717, 1.165) is 19.3 Å². The summed E-state index contributed by atoms with van der Waals surface area (Å²) in [5.74, 6) is 0.155. The zero-order valence-corrected chi connectivity index (χ0v) is 12.4. The molecule has 2 unspecified atom stereocenters. The molecule has 1 saturated carbocycles. The van der Waals surface area contributed by atoms with Gasteiger partial charge in [0, 0.05) is 23.6 Å². The van der Waals surface area contributed by atoms with Gasteiger partial charge in [0.1, 0.15) is 11.6 Å². The molecule has 112 valence electrons. The highest BCUT2D eigenvalue weighted by Gasteiger charge is 2.37. The van der Waals surface area contributed by atoms with Gasteiger partial charge in [0.25, 0.3) is 0 Å². The quantitative estimate of drug-likeness (QED) is 0.682. The van der Waals surface area contributed by atoms with Crippen LogP contribution in [-0.2, 0) is 0 Å². The van der Waals surface area contributed by atoms with Gasteiger partial charge in [-0.1, -0.05) is 11.6 Å². The molecule has 0 radical (unpaired) electrons. The van der Waals surface area contributed by atoms with Crippen LogP contribution in [0.25, 0.3) is 0 Å². The Bertz CT molecular complexity index is 587. The van der Waals surface area contributed by atoms with E-state index in [-0.39, 0.29) is 17.5 Å². The number of nitro benzene ring substituents is 1. The predicted octanol–water partition coefficient (Wildman–Crippen LogP) is 3.05. The number of rotatable bonds is 4. The molecule has 0 saturated heterocycles. The number of nitrogens with one attached hydrogen (secondary N) is 1. The zero-order chi connectivity index (χ0) is 15.5. The van der Waals surface area contributed by atoms with Gasteiger partial charge < -0.3 is 10.1 Å². The maximum absolute atomic E-state index is 11.0. The summed E-state index contributed by atoms with van der Waals surface area (Å²) in [6.07, 6.45) is 2.58. The van der Waals surface area contributed by atoms with E-state index >= 15 is 0 Å². The van der Waals surface area contributed by atoms with Gasteiger partial charge in [-0.25, -0.2) is 0 Å². The Kier molecular flexibility index (Phi) is 4.66. The highest BCUT2D eigenvalue weighted by molar-refractivity contribution is 6.30. The Hall–Kier alpha value is -1.84. The minimum atomic E-state index is -0.629. The van der Waals surface area contributed by atoms with E-state index in [0.29, 0.717) is 11.4 Å². The second-order valence-electron chi connectivity index (χ2n) is 5.15. The van der Waals surface area contributed by atoms with Gasteiger partial charge >= 0.3 is 5.69 Å². The second-order valence-corrected chi connectivity index (χ2v) is 5.59. The van der Waals surface area contributed by atoms with Crippen LogP contribution in [0.1, 0.15) is 25.7 Å². The van der Waals surface area contributed by atoms with E-state index in [9.17, 15) is 15.4 Å². The summed E-state index contributed by atoms with van der Waals surface area (Å²) in [5, 5.41) is 23.8. The standard InChI is InChI=1S/C14H16ClN3O3/c1-17-14(9-16)6-2-3-11(8-14)21-13-7-10(15)4-5-12(13)18(19)20/h4-5,7,11,17H,2-3,6,8H2,1H3. The maximum atomic E-state index is 11.0. The van der Waals surface area contributed by atoms with E-state index < -0.39 is 10.5 Å². The molecule has 0 aromatic heterocycles. The van der Waals surface area contributed by atoms with Gasteiger partial charge in [-0.3, -0.25) is 10.1 Å². The summed E-state index contributed by atoms with van der Waals surface area (Å²) in [5.41, 5.74) is -0.743. The molecule has 1 aliphatic rings. The molecular weight excluding hydrogens is 294 g/mol. The Morgan fingerprint density at radius 3 is 3.00 bits per heavy atom. The van der Waals surface area contributed by atoms with Crippen LogP contribution in [0.4, 0.5) is 5.69 Å². The number of hydrogen-bond acceptors (Lipinski definition) is 5. The van der Waals surface area contributed by atoms with Crippen molar-refractivity contribution in [2.45, 2.75) is 37.3 Å². The smallest absolute Gasteiger partial charge is 0.311 e. The summed E-state index contributed by atoms with van der Waals surface area (Å²) < 4.78 is 5.77. The van der Waals surface area contributed by atoms with Crippen LogP contribution < -0.4 is 10.1 Å². The van der Waals surface area contributed by atoms with Crippen molar-refractivity contribution >= 4 is 17.3 Å². The SMILES string of the molecule is CNC1(C#N)CCCC(Oc2cc(Cl)ccc2[N+](=O)[O-])C1. The molecule has 2 atom stereocenters. The Morgan fingerprint density at radius 1 is 1.62 bits per heavy atom. The largest absolute Gasteiger partial charge is 0.483 e. The summed E-state index contributed by atoms with van der Waals surface area (Å²) in [7, 11) is 1.74. The third-order valence-electron chi connectivity index (χ3n) is 3.81. The number of nitro groups is 1. The van der Waals surface area contributed by atoms with Crippen LogP contribution in [0, 0.1) is 21.4 Å². The molecule has 0 aliphatic heterocycles. The van der Waals surface area contributed by atoms with E-state index in [4.69, 9.17) is 16.3 Å². The molecule has 0 heterocycles. The first kappa shape index (κ1) is 15.5. The number of ether oxygens (including phenoxy) is 1. The minimum absolute atomic E-state index is 0.114. The first-order valence-electron chi connectivity index (χ1n) is 6.70. The maximum Gasteiger partial charge on any atom is 0.311 e. The number of nitrogens with zero attached hydrogens (tertiary/aromatic N) is 2. The van der Waals surface area contributed by atoms with Crippen LogP contribution in [0.3, 0.4) is 0 Å². The van der Waals surface area contributed by atoms with Crippen molar-refractivity contribution < 1.29 is 9.66 Å². The molecule has 1 aromatic carbocycles. The van der Waals surface area contributed by atoms with E-state index in [1.165, 1.54) is 18.2 Å². The predicted molar refractivity (Wildman–Crippen MR) is 78.4 cm³/mol. The molecule has 0 spiro atoms. The minimum Gasteiger partial charge on any atom is -0.483 e. The lowest BCUT2D eigenvalue weighted by Crippen LogP contribution is -2.48. The van der Waals surface area contributed by atoms with Crippen molar-refractivity contribution in [1.82, 2.24) is 5.32 Å². The average molecular weight is 310 g/mol. The molecule has 1 N–H and O–H groups in total. The average Bonchev–Trinajstić information content (AvgIpc) is 2.47. The lowest BCUT2D eigenvalue weighted by molar-refractivity contribution is -0.386. The molecule has 0 bridgehead atoms.